The lowest BCUT2D eigenvalue weighted by molar-refractivity contribution is 0.0949. The zero-order chi connectivity index (χ0) is 20.9. The van der Waals surface area contributed by atoms with Gasteiger partial charge in [-0.25, -0.2) is 4.98 Å². The molecule has 0 saturated carbocycles. The fourth-order valence-electron chi connectivity index (χ4n) is 3.66. The zero-order valence-electron chi connectivity index (χ0n) is 17.2. The van der Waals surface area contributed by atoms with Gasteiger partial charge in [0.1, 0.15) is 0 Å². The van der Waals surface area contributed by atoms with Gasteiger partial charge in [0.15, 0.2) is 0 Å². The highest BCUT2D eigenvalue weighted by Gasteiger charge is 2.19. The number of nitrogens with zero attached hydrogens (tertiary/aromatic N) is 4. The molecule has 2 heterocycles. The number of carbonyl (C=O) groups excluding carboxylic acids is 1. The van der Waals surface area contributed by atoms with Crippen molar-refractivity contribution < 1.29 is 4.79 Å². The first-order valence-corrected chi connectivity index (χ1v) is 10.0. The Morgan fingerprint density at radius 2 is 1.70 bits per heavy atom. The number of aryl methyl sites for hydroxylation is 1. The largest absolute Gasteiger partial charge is 0.348 e. The van der Waals surface area contributed by atoms with Crippen LogP contribution in [0.3, 0.4) is 0 Å². The van der Waals surface area contributed by atoms with Gasteiger partial charge in [0, 0.05) is 31.2 Å². The number of aromatic nitrogens is 4. The summed E-state index contributed by atoms with van der Waals surface area (Å²) in [6.45, 7) is 5.67. The first kappa shape index (κ1) is 19.6. The molecule has 0 saturated heterocycles. The summed E-state index contributed by atoms with van der Waals surface area (Å²) in [5.41, 5.74) is 5.67. The molecule has 0 radical (unpaired) electrons. The van der Waals surface area contributed by atoms with Gasteiger partial charge in [-0.3, -0.25) is 9.48 Å². The molecule has 0 aliphatic carbocycles. The van der Waals surface area contributed by atoms with Crippen molar-refractivity contribution in [2.75, 3.05) is 0 Å². The van der Waals surface area contributed by atoms with Gasteiger partial charge in [0.05, 0.1) is 24.1 Å². The molecule has 0 bridgehead atoms. The van der Waals surface area contributed by atoms with Crippen molar-refractivity contribution in [3.63, 3.8) is 0 Å². The summed E-state index contributed by atoms with van der Waals surface area (Å²) in [7, 11) is 0. The minimum absolute atomic E-state index is 0.0956. The van der Waals surface area contributed by atoms with Gasteiger partial charge < -0.3 is 9.88 Å². The van der Waals surface area contributed by atoms with Crippen molar-refractivity contribution in [1.82, 2.24) is 24.6 Å². The van der Waals surface area contributed by atoms with Crippen LogP contribution in [0, 0.1) is 13.8 Å². The number of nitrogens with one attached hydrogen (secondary N) is 1. The van der Waals surface area contributed by atoms with Crippen LogP contribution in [0.4, 0.5) is 0 Å². The van der Waals surface area contributed by atoms with E-state index in [2.05, 4.69) is 33.6 Å². The first-order valence-electron chi connectivity index (χ1n) is 10.0. The second-order valence-corrected chi connectivity index (χ2v) is 7.38. The molecule has 4 rings (SSSR count). The summed E-state index contributed by atoms with van der Waals surface area (Å²) >= 11 is 0. The van der Waals surface area contributed by atoms with E-state index in [1.165, 1.54) is 0 Å². The molecular weight excluding hydrogens is 374 g/mol. The fraction of sp³-hybridized carbons (Fsp3) is 0.208. The van der Waals surface area contributed by atoms with E-state index in [4.69, 9.17) is 0 Å². The number of benzene rings is 2. The number of imidazole rings is 1. The van der Waals surface area contributed by atoms with E-state index >= 15 is 0 Å². The molecule has 0 aliphatic rings. The van der Waals surface area contributed by atoms with Gasteiger partial charge in [0.25, 0.3) is 5.91 Å². The third-order valence-corrected chi connectivity index (χ3v) is 5.25. The minimum atomic E-state index is -0.0956. The minimum Gasteiger partial charge on any atom is -0.348 e. The standard InChI is InChI=1S/C24H25N5O/c1-18-23(19(2)29(27-18)15-20-8-4-3-5-9-20)24(30)26-14-21-10-6-7-11-22(21)16-28-13-12-25-17-28/h3-13,17H,14-16H2,1-2H3,(H,26,30). The molecule has 0 unspecified atom stereocenters. The number of hydrogen-bond donors (Lipinski definition) is 1. The summed E-state index contributed by atoms with van der Waals surface area (Å²) in [5.74, 6) is -0.0956. The lowest BCUT2D eigenvalue weighted by Gasteiger charge is -2.12. The average Bonchev–Trinajstić information content (AvgIpc) is 3.36. The maximum Gasteiger partial charge on any atom is 0.255 e. The van der Waals surface area contributed by atoms with E-state index in [1.807, 2.05) is 65.7 Å². The molecule has 1 N–H and O–H groups in total. The van der Waals surface area contributed by atoms with Gasteiger partial charge in [-0.2, -0.15) is 5.10 Å². The predicted octanol–water partition coefficient (Wildman–Crippen LogP) is 3.72. The smallest absolute Gasteiger partial charge is 0.255 e. The molecule has 1 amide bonds. The monoisotopic (exact) mass is 399 g/mol. The van der Waals surface area contributed by atoms with E-state index in [0.717, 1.165) is 34.6 Å². The van der Waals surface area contributed by atoms with E-state index in [1.54, 1.807) is 12.5 Å². The summed E-state index contributed by atoms with van der Waals surface area (Å²) in [6.07, 6.45) is 5.50. The summed E-state index contributed by atoms with van der Waals surface area (Å²) in [4.78, 5) is 17.1. The normalized spacial score (nSPS) is 10.9. The van der Waals surface area contributed by atoms with E-state index < -0.39 is 0 Å². The molecule has 152 valence electrons. The third kappa shape index (κ3) is 4.33. The van der Waals surface area contributed by atoms with E-state index in [0.29, 0.717) is 18.7 Å². The van der Waals surface area contributed by atoms with Gasteiger partial charge >= 0.3 is 0 Å². The third-order valence-electron chi connectivity index (χ3n) is 5.25. The second-order valence-electron chi connectivity index (χ2n) is 7.38. The fourth-order valence-corrected chi connectivity index (χ4v) is 3.66. The Labute approximate surface area is 176 Å². The average molecular weight is 399 g/mol. The number of hydrogen-bond acceptors (Lipinski definition) is 3. The molecule has 0 spiro atoms. The van der Waals surface area contributed by atoms with Gasteiger partial charge in [-0.05, 0) is 30.5 Å². The lowest BCUT2D eigenvalue weighted by Crippen LogP contribution is -2.25. The van der Waals surface area contributed by atoms with Crippen LogP contribution in [0.2, 0.25) is 0 Å². The second kappa shape index (κ2) is 8.78. The van der Waals surface area contributed by atoms with Crippen molar-refractivity contribution in [2.24, 2.45) is 0 Å². The maximum atomic E-state index is 13.0. The highest BCUT2D eigenvalue weighted by Crippen LogP contribution is 2.16. The summed E-state index contributed by atoms with van der Waals surface area (Å²) < 4.78 is 3.91. The molecular formula is C24H25N5O. The van der Waals surface area contributed by atoms with Crippen molar-refractivity contribution in [2.45, 2.75) is 33.5 Å². The number of rotatable bonds is 7. The Balaban J connectivity index is 1.47. The molecule has 0 aliphatic heterocycles. The zero-order valence-corrected chi connectivity index (χ0v) is 17.2. The molecule has 0 atom stereocenters. The van der Waals surface area contributed by atoms with Crippen LogP contribution in [0.1, 0.15) is 38.4 Å². The van der Waals surface area contributed by atoms with E-state index in [9.17, 15) is 4.79 Å². The predicted molar refractivity (Wildman–Crippen MR) is 116 cm³/mol. The van der Waals surface area contributed by atoms with Crippen LogP contribution in [-0.2, 0) is 19.6 Å². The van der Waals surface area contributed by atoms with Gasteiger partial charge in [-0.1, -0.05) is 54.6 Å². The lowest BCUT2D eigenvalue weighted by atomic mass is 10.1. The Bertz CT molecular complexity index is 1130. The van der Waals surface area contributed by atoms with Crippen LogP contribution in [0.25, 0.3) is 0 Å². The Kier molecular flexibility index (Phi) is 5.75. The summed E-state index contributed by atoms with van der Waals surface area (Å²) in [5, 5.41) is 7.67. The van der Waals surface area contributed by atoms with Crippen molar-refractivity contribution in [3.05, 3.63) is 107 Å². The Morgan fingerprint density at radius 1 is 0.967 bits per heavy atom. The van der Waals surface area contributed by atoms with Gasteiger partial charge in [-0.15, -0.1) is 0 Å². The van der Waals surface area contributed by atoms with Gasteiger partial charge in [0.2, 0.25) is 0 Å². The molecule has 0 fully saturated rings. The topological polar surface area (TPSA) is 64.7 Å². The first-order chi connectivity index (χ1) is 14.6. The Morgan fingerprint density at radius 3 is 2.43 bits per heavy atom. The van der Waals surface area contributed by atoms with E-state index in [-0.39, 0.29) is 5.91 Å². The van der Waals surface area contributed by atoms with Crippen LogP contribution >= 0.6 is 0 Å². The molecule has 6 heteroatoms. The summed E-state index contributed by atoms with van der Waals surface area (Å²) in [6, 6.07) is 18.3. The molecule has 2 aromatic heterocycles. The molecule has 6 nitrogen and oxygen atoms in total. The van der Waals surface area contributed by atoms with Crippen LogP contribution in [0.15, 0.2) is 73.3 Å². The number of carbonyl (C=O) groups is 1. The van der Waals surface area contributed by atoms with Crippen molar-refractivity contribution in [1.29, 1.82) is 0 Å². The number of amides is 1. The van der Waals surface area contributed by atoms with Crippen LogP contribution < -0.4 is 5.32 Å². The Hall–Kier alpha value is -3.67. The van der Waals surface area contributed by atoms with Crippen molar-refractivity contribution >= 4 is 5.91 Å². The van der Waals surface area contributed by atoms with Crippen LogP contribution in [-0.4, -0.2) is 25.2 Å². The van der Waals surface area contributed by atoms with Crippen molar-refractivity contribution in [3.8, 4) is 0 Å². The molecule has 30 heavy (non-hydrogen) atoms. The highest BCUT2D eigenvalue weighted by atomic mass is 16.1. The molecule has 2 aromatic carbocycles. The van der Waals surface area contributed by atoms with Crippen LogP contribution in [0.5, 0.6) is 0 Å². The molecule has 4 aromatic rings. The maximum absolute atomic E-state index is 13.0. The quantitative estimate of drug-likeness (QED) is 0.515. The highest BCUT2D eigenvalue weighted by molar-refractivity contribution is 5.96. The SMILES string of the molecule is Cc1nn(Cc2ccccc2)c(C)c1C(=O)NCc1ccccc1Cn1ccnc1.